The lowest BCUT2D eigenvalue weighted by Crippen LogP contribution is -2.31. The minimum Gasteiger partial charge on any atom is -0.351 e. The van der Waals surface area contributed by atoms with Crippen molar-refractivity contribution in [2.24, 2.45) is 5.92 Å². The lowest BCUT2D eigenvalue weighted by atomic mass is 10.1. The third-order valence-electron chi connectivity index (χ3n) is 4.86. The Morgan fingerprint density at radius 1 is 1.07 bits per heavy atom. The van der Waals surface area contributed by atoms with E-state index in [0.717, 1.165) is 23.0 Å². The van der Waals surface area contributed by atoms with Crippen LogP contribution in [0.25, 0.3) is 10.9 Å². The highest BCUT2D eigenvalue weighted by Crippen LogP contribution is 2.23. The molecule has 28 heavy (non-hydrogen) atoms. The topological polar surface area (TPSA) is 65.2 Å². The smallest absolute Gasteiger partial charge is 0.270 e. The number of H-pyrrole nitrogens is 1. The SMILES string of the molecule is O=C(Nc1cc(F)c(F)c(F)c1)[C@H]1CCN(C(=O)c2cc3ccccc3[nH]2)C1. The molecule has 5 nitrogen and oxygen atoms in total. The Morgan fingerprint density at radius 3 is 2.50 bits per heavy atom. The van der Waals surface area contributed by atoms with Crippen LogP contribution in [0.3, 0.4) is 0 Å². The summed E-state index contributed by atoms with van der Waals surface area (Å²) in [7, 11) is 0. The van der Waals surface area contributed by atoms with Crippen LogP contribution in [0.15, 0.2) is 42.5 Å². The van der Waals surface area contributed by atoms with E-state index in [9.17, 15) is 22.8 Å². The van der Waals surface area contributed by atoms with E-state index >= 15 is 0 Å². The van der Waals surface area contributed by atoms with Gasteiger partial charge in [0.25, 0.3) is 5.91 Å². The van der Waals surface area contributed by atoms with Crippen molar-refractivity contribution < 1.29 is 22.8 Å². The zero-order valence-corrected chi connectivity index (χ0v) is 14.6. The first-order valence-corrected chi connectivity index (χ1v) is 8.75. The molecule has 3 aromatic rings. The van der Waals surface area contributed by atoms with Crippen LogP contribution in [0.5, 0.6) is 0 Å². The van der Waals surface area contributed by atoms with Crippen molar-refractivity contribution in [3.05, 3.63) is 65.6 Å². The van der Waals surface area contributed by atoms with Crippen LogP contribution in [0, 0.1) is 23.4 Å². The van der Waals surface area contributed by atoms with Gasteiger partial charge >= 0.3 is 0 Å². The molecule has 0 bridgehead atoms. The minimum atomic E-state index is -1.59. The summed E-state index contributed by atoms with van der Waals surface area (Å²) in [6, 6.07) is 10.7. The average molecular weight is 387 g/mol. The fourth-order valence-electron chi connectivity index (χ4n) is 3.39. The molecule has 1 aromatic heterocycles. The van der Waals surface area contributed by atoms with Crippen molar-refractivity contribution in [3.63, 3.8) is 0 Å². The predicted octanol–water partition coefficient (Wildman–Crippen LogP) is 3.69. The Labute approximate surface area is 158 Å². The second-order valence-corrected chi connectivity index (χ2v) is 6.75. The number of rotatable bonds is 3. The summed E-state index contributed by atoms with van der Waals surface area (Å²) in [6.07, 6.45) is 0.421. The number of fused-ring (bicyclic) bond motifs is 1. The van der Waals surface area contributed by atoms with Gasteiger partial charge in [0.2, 0.25) is 5.91 Å². The third-order valence-corrected chi connectivity index (χ3v) is 4.86. The third kappa shape index (κ3) is 3.33. The van der Waals surface area contributed by atoms with Crippen LogP contribution < -0.4 is 5.32 Å². The first kappa shape index (κ1) is 18.1. The Bertz CT molecular complexity index is 1020. The highest BCUT2D eigenvalue weighted by molar-refractivity contribution is 5.99. The Hall–Kier alpha value is -3.29. The lowest BCUT2D eigenvalue weighted by molar-refractivity contribution is -0.119. The number of anilines is 1. The molecule has 0 unspecified atom stereocenters. The maximum atomic E-state index is 13.3. The van der Waals surface area contributed by atoms with Crippen molar-refractivity contribution in [1.29, 1.82) is 0 Å². The van der Waals surface area contributed by atoms with E-state index in [0.29, 0.717) is 18.7 Å². The van der Waals surface area contributed by atoms with Gasteiger partial charge in [-0.15, -0.1) is 0 Å². The highest BCUT2D eigenvalue weighted by Gasteiger charge is 2.32. The number of hydrogen-bond donors (Lipinski definition) is 2. The Balaban J connectivity index is 1.43. The molecule has 0 aliphatic carbocycles. The summed E-state index contributed by atoms with van der Waals surface area (Å²) in [5.41, 5.74) is 1.12. The standard InChI is InChI=1S/C20H16F3N3O2/c21-14-8-13(9-15(22)18(14)23)24-19(27)12-5-6-26(10-12)20(28)17-7-11-3-1-2-4-16(11)25-17/h1-4,7-9,12,25H,5-6,10H2,(H,24,27)/t12-/m0/s1. The quantitative estimate of drug-likeness (QED) is 0.674. The highest BCUT2D eigenvalue weighted by atomic mass is 19.2. The molecule has 0 saturated carbocycles. The summed E-state index contributed by atoms with van der Waals surface area (Å²) in [6.45, 7) is 0.574. The van der Waals surface area contributed by atoms with Crippen molar-refractivity contribution in [1.82, 2.24) is 9.88 Å². The molecule has 2 heterocycles. The number of halogens is 3. The molecule has 1 atom stereocenters. The number of nitrogens with one attached hydrogen (secondary N) is 2. The molecule has 1 fully saturated rings. The van der Waals surface area contributed by atoms with E-state index in [4.69, 9.17) is 0 Å². The first-order chi connectivity index (χ1) is 13.4. The monoisotopic (exact) mass is 387 g/mol. The minimum absolute atomic E-state index is 0.165. The van der Waals surface area contributed by atoms with Gasteiger partial charge in [0.05, 0.1) is 5.92 Å². The summed E-state index contributed by atoms with van der Waals surface area (Å²) < 4.78 is 39.6. The van der Waals surface area contributed by atoms with Gasteiger partial charge in [-0.25, -0.2) is 13.2 Å². The first-order valence-electron chi connectivity index (χ1n) is 8.75. The maximum absolute atomic E-state index is 13.3. The van der Waals surface area contributed by atoms with Crippen molar-refractivity contribution in [2.45, 2.75) is 6.42 Å². The normalized spacial score (nSPS) is 16.5. The predicted molar refractivity (Wildman–Crippen MR) is 97.3 cm³/mol. The van der Waals surface area contributed by atoms with E-state index in [1.54, 1.807) is 11.0 Å². The van der Waals surface area contributed by atoms with Crippen molar-refractivity contribution in [2.75, 3.05) is 18.4 Å². The van der Waals surface area contributed by atoms with Gasteiger partial charge in [-0.3, -0.25) is 9.59 Å². The lowest BCUT2D eigenvalue weighted by Gasteiger charge is -2.15. The molecule has 0 radical (unpaired) electrons. The summed E-state index contributed by atoms with van der Waals surface area (Å²) >= 11 is 0. The second-order valence-electron chi connectivity index (χ2n) is 6.75. The molecule has 8 heteroatoms. The maximum Gasteiger partial charge on any atom is 0.270 e. The van der Waals surface area contributed by atoms with Gasteiger partial charge < -0.3 is 15.2 Å². The Kier molecular flexibility index (Phi) is 4.54. The summed E-state index contributed by atoms with van der Waals surface area (Å²) in [5.74, 6) is -5.56. The molecule has 1 aliphatic rings. The van der Waals surface area contributed by atoms with Gasteiger partial charge in [-0.2, -0.15) is 0 Å². The summed E-state index contributed by atoms with van der Waals surface area (Å²) in [4.78, 5) is 29.7. The zero-order chi connectivity index (χ0) is 19.8. The molecule has 2 amide bonds. The molecule has 1 aliphatic heterocycles. The second kappa shape index (κ2) is 7.03. The van der Waals surface area contributed by atoms with Crippen LogP contribution in [0.2, 0.25) is 0 Å². The molecule has 2 N–H and O–H groups in total. The number of nitrogens with zero attached hydrogens (tertiary/aromatic N) is 1. The number of carbonyl (C=O) groups excluding carboxylic acids is 2. The largest absolute Gasteiger partial charge is 0.351 e. The molecular weight excluding hydrogens is 371 g/mol. The summed E-state index contributed by atoms with van der Waals surface area (Å²) in [5, 5.41) is 3.30. The molecule has 0 spiro atoms. The number of para-hydroxylation sites is 1. The van der Waals surface area contributed by atoms with Gasteiger partial charge in [-0.1, -0.05) is 18.2 Å². The molecule has 1 saturated heterocycles. The molecule has 144 valence electrons. The molecular formula is C20H16F3N3O2. The molecule has 4 rings (SSSR count). The number of carbonyl (C=O) groups is 2. The fraction of sp³-hybridized carbons (Fsp3) is 0.200. The van der Waals surface area contributed by atoms with Gasteiger partial charge in [0.1, 0.15) is 5.69 Å². The zero-order valence-electron chi connectivity index (χ0n) is 14.6. The van der Waals surface area contributed by atoms with Gasteiger partial charge in [-0.05, 0) is 18.6 Å². The Morgan fingerprint density at radius 2 is 1.79 bits per heavy atom. The van der Waals surface area contributed by atoms with Crippen LogP contribution in [0.1, 0.15) is 16.9 Å². The average Bonchev–Trinajstić information content (AvgIpc) is 3.32. The van der Waals surface area contributed by atoms with Crippen LogP contribution in [0.4, 0.5) is 18.9 Å². The van der Waals surface area contributed by atoms with E-state index in [1.165, 1.54) is 0 Å². The van der Waals surface area contributed by atoms with E-state index in [2.05, 4.69) is 10.3 Å². The van der Waals surface area contributed by atoms with E-state index in [1.807, 2.05) is 24.3 Å². The number of benzene rings is 2. The van der Waals surface area contributed by atoms with E-state index < -0.39 is 29.3 Å². The number of hydrogen-bond acceptors (Lipinski definition) is 2. The number of aromatic amines is 1. The van der Waals surface area contributed by atoms with Crippen LogP contribution in [-0.4, -0.2) is 34.8 Å². The number of likely N-dealkylation sites (tertiary alicyclic amines) is 1. The number of amides is 2. The van der Waals surface area contributed by atoms with E-state index in [-0.39, 0.29) is 18.1 Å². The van der Waals surface area contributed by atoms with Gasteiger partial charge in [0.15, 0.2) is 17.5 Å². The van der Waals surface area contributed by atoms with Gasteiger partial charge in [0, 0.05) is 41.8 Å². The van der Waals surface area contributed by atoms with Crippen molar-refractivity contribution >= 4 is 28.4 Å². The van der Waals surface area contributed by atoms with Crippen LogP contribution >= 0.6 is 0 Å². The van der Waals surface area contributed by atoms with Crippen LogP contribution in [-0.2, 0) is 4.79 Å². The fourth-order valence-corrected chi connectivity index (χ4v) is 3.39. The van der Waals surface area contributed by atoms with Crippen molar-refractivity contribution in [3.8, 4) is 0 Å². The number of aromatic nitrogens is 1. The molecule has 2 aromatic carbocycles.